The summed E-state index contributed by atoms with van der Waals surface area (Å²) in [6.07, 6.45) is 0.816. The van der Waals surface area contributed by atoms with Gasteiger partial charge in [0.25, 0.3) is 5.91 Å². The minimum atomic E-state index is -1.82. The molecule has 0 radical (unpaired) electrons. The topological polar surface area (TPSA) is 116 Å². The van der Waals surface area contributed by atoms with Crippen molar-refractivity contribution in [2.24, 2.45) is 0 Å². The standard InChI is InChI=1S/C19H23ClN2O2.C2H2O4/c1-22(2)13-12-18(14-4-8-16(20)9-5-14)21-19(23)15-6-10-17(24-3)11-7-15;3-1(4)2(5)6/h4-11,18H,12-13H2,1-3H3,(H,21,23);(H,3,4)(H,5,6). The molecule has 162 valence electrons. The van der Waals surface area contributed by atoms with E-state index in [1.54, 1.807) is 31.4 Å². The van der Waals surface area contributed by atoms with E-state index in [0.717, 1.165) is 24.3 Å². The zero-order chi connectivity index (χ0) is 22.7. The van der Waals surface area contributed by atoms with E-state index in [1.807, 2.05) is 38.4 Å². The highest BCUT2D eigenvalue weighted by molar-refractivity contribution is 6.30. The third-order valence-electron chi connectivity index (χ3n) is 3.98. The number of nitrogens with zero attached hydrogens (tertiary/aromatic N) is 1. The SMILES string of the molecule is COc1ccc(C(=O)NC(CCN(C)C)c2ccc(Cl)cc2)cc1.O=C(O)C(=O)O. The number of amides is 1. The third-order valence-corrected chi connectivity index (χ3v) is 4.23. The molecule has 2 aromatic rings. The molecule has 0 saturated heterocycles. The molecular formula is C21H25ClN2O6. The molecule has 0 fully saturated rings. The molecule has 0 spiro atoms. The lowest BCUT2D eigenvalue weighted by molar-refractivity contribution is -0.159. The van der Waals surface area contributed by atoms with Crippen LogP contribution in [0.1, 0.15) is 28.4 Å². The molecule has 8 nitrogen and oxygen atoms in total. The molecule has 3 N–H and O–H groups in total. The highest BCUT2D eigenvalue weighted by Crippen LogP contribution is 2.21. The Morgan fingerprint density at radius 1 is 1.00 bits per heavy atom. The minimum absolute atomic E-state index is 0.0701. The molecule has 0 heterocycles. The van der Waals surface area contributed by atoms with Crippen molar-refractivity contribution in [3.63, 3.8) is 0 Å². The first-order valence-electron chi connectivity index (χ1n) is 8.95. The lowest BCUT2D eigenvalue weighted by Gasteiger charge is -2.21. The number of carboxylic acids is 2. The predicted molar refractivity (Wildman–Crippen MR) is 113 cm³/mol. The number of hydrogen-bond donors (Lipinski definition) is 3. The highest BCUT2D eigenvalue weighted by Gasteiger charge is 2.16. The van der Waals surface area contributed by atoms with Crippen LogP contribution in [0.5, 0.6) is 5.75 Å². The summed E-state index contributed by atoms with van der Waals surface area (Å²) in [5, 5.41) is 18.6. The number of hydrogen-bond acceptors (Lipinski definition) is 5. The Morgan fingerprint density at radius 2 is 1.53 bits per heavy atom. The number of methoxy groups -OCH3 is 1. The first-order chi connectivity index (χ1) is 14.1. The molecule has 1 unspecified atom stereocenters. The Hall–Kier alpha value is -3.10. The van der Waals surface area contributed by atoms with Gasteiger partial charge in [-0.2, -0.15) is 0 Å². The van der Waals surface area contributed by atoms with Gasteiger partial charge < -0.3 is 25.2 Å². The van der Waals surface area contributed by atoms with E-state index in [9.17, 15) is 4.79 Å². The average Bonchev–Trinajstić information content (AvgIpc) is 2.72. The van der Waals surface area contributed by atoms with Gasteiger partial charge in [-0.3, -0.25) is 4.79 Å². The van der Waals surface area contributed by atoms with E-state index >= 15 is 0 Å². The minimum Gasteiger partial charge on any atom is -0.497 e. The van der Waals surface area contributed by atoms with Crippen molar-refractivity contribution in [2.75, 3.05) is 27.7 Å². The van der Waals surface area contributed by atoms with Crippen LogP contribution in [0.15, 0.2) is 48.5 Å². The number of carbonyl (C=O) groups is 3. The third kappa shape index (κ3) is 8.93. The zero-order valence-electron chi connectivity index (χ0n) is 17.0. The van der Waals surface area contributed by atoms with Gasteiger partial charge in [-0.1, -0.05) is 23.7 Å². The van der Waals surface area contributed by atoms with E-state index in [-0.39, 0.29) is 11.9 Å². The molecule has 2 rings (SSSR count). The maximum atomic E-state index is 12.5. The van der Waals surface area contributed by atoms with Crippen molar-refractivity contribution in [1.29, 1.82) is 0 Å². The number of ether oxygens (including phenoxy) is 1. The molecule has 0 aliphatic heterocycles. The van der Waals surface area contributed by atoms with Gasteiger partial charge in [-0.05, 0) is 69.0 Å². The van der Waals surface area contributed by atoms with E-state index in [0.29, 0.717) is 10.6 Å². The van der Waals surface area contributed by atoms with E-state index in [4.69, 9.17) is 36.1 Å². The molecule has 9 heteroatoms. The Labute approximate surface area is 180 Å². The maximum Gasteiger partial charge on any atom is 0.414 e. The molecular weight excluding hydrogens is 412 g/mol. The second-order valence-corrected chi connectivity index (χ2v) is 6.94. The number of nitrogens with one attached hydrogen (secondary N) is 1. The summed E-state index contributed by atoms with van der Waals surface area (Å²) < 4.78 is 5.13. The molecule has 1 atom stereocenters. The van der Waals surface area contributed by atoms with Crippen LogP contribution in [0.2, 0.25) is 5.02 Å². The van der Waals surface area contributed by atoms with Crippen LogP contribution >= 0.6 is 11.6 Å². The van der Waals surface area contributed by atoms with E-state index in [1.165, 1.54) is 0 Å². The number of carbonyl (C=O) groups excluding carboxylic acids is 1. The van der Waals surface area contributed by atoms with Crippen molar-refractivity contribution in [3.8, 4) is 5.75 Å². The smallest absolute Gasteiger partial charge is 0.414 e. The van der Waals surface area contributed by atoms with Crippen molar-refractivity contribution in [3.05, 3.63) is 64.7 Å². The van der Waals surface area contributed by atoms with Crippen LogP contribution in [0.4, 0.5) is 0 Å². The second-order valence-electron chi connectivity index (χ2n) is 6.51. The number of halogens is 1. The summed E-state index contributed by atoms with van der Waals surface area (Å²) in [5.41, 5.74) is 1.66. The van der Waals surface area contributed by atoms with Crippen LogP contribution in [0.3, 0.4) is 0 Å². The first kappa shape index (κ1) is 24.9. The van der Waals surface area contributed by atoms with Crippen LogP contribution in [0, 0.1) is 0 Å². The molecule has 0 saturated carbocycles. The van der Waals surface area contributed by atoms with E-state index < -0.39 is 11.9 Å². The molecule has 0 aromatic heterocycles. The summed E-state index contributed by atoms with van der Waals surface area (Å²) in [6.45, 7) is 0.871. The molecule has 30 heavy (non-hydrogen) atoms. The van der Waals surface area contributed by atoms with Gasteiger partial charge in [-0.15, -0.1) is 0 Å². The summed E-state index contributed by atoms with van der Waals surface area (Å²) in [4.78, 5) is 32.8. The number of rotatable bonds is 7. The lowest BCUT2D eigenvalue weighted by Crippen LogP contribution is -2.31. The van der Waals surface area contributed by atoms with Gasteiger partial charge >= 0.3 is 11.9 Å². The monoisotopic (exact) mass is 436 g/mol. The molecule has 2 aromatic carbocycles. The summed E-state index contributed by atoms with van der Waals surface area (Å²) >= 11 is 5.97. The van der Waals surface area contributed by atoms with Crippen molar-refractivity contribution >= 4 is 29.4 Å². The van der Waals surface area contributed by atoms with Gasteiger partial charge in [0.2, 0.25) is 0 Å². The zero-order valence-corrected chi connectivity index (χ0v) is 17.7. The Kier molecular flexibility index (Phi) is 10.4. The van der Waals surface area contributed by atoms with Crippen LogP contribution in [-0.2, 0) is 9.59 Å². The highest BCUT2D eigenvalue weighted by atomic mass is 35.5. The normalized spacial score (nSPS) is 11.1. The lowest BCUT2D eigenvalue weighted by atomic mass is 10.0. The van der Waals surface area contributed by atoms with Crippen molar-refractivity contribution in [2.45, 2.75) is 12.5 Å². The van der Waals surface area contributed by atoms with Gasteiger partial charge in [0, 0.05) is 10.6 Å². The number of carboxylic acid groups (broad SMARTS) is 2. The predicted octanol–water partition coefficient (Wildman–Crippen LogP) is 2.93. The second kappa shape index (κ2) is 12.5. The maximum absolute atomic E-state index is 12.5. The quantitative estimate of drug-likeness (QED) is 0.571. The van der Waals surface area contributed by atoms with Gasteiger partial charge in [-0.25, -0.2) is 9.59 Å². The van der Waals surface area contributed by atoms with Crippen LogP contribution in [-0.4, -0.2) is 60.7 Å². The fourth-order valence-corrected chi connectivity index (χ4v) is 2.51. The number of benzene rings is 2. The first-order valence-corrected chi connectivity index (χ1v) is 9.33. The summed E-state index contributed by atoms with van der Waals surface area (Å²) in [6, 6.07) is 14.6. The summed E-state index contributed by atoms with van der Waals surface area (Å²) in [5.74, 6) is -3.02. The largest absolute Gasteiger partial charge is 0.497 e. The Balaban J connectivity index is 0.000000656. The summed E-state index contributed by atoms with van der Waals surface area (Å²) in [7, 11) is 5.64. The molecule has 0 aliphatic rings. The van der Waals surface area contributed by atoms with Crippen molar-refractivity contribution in [1.82, 2.24) is 10.2 Å². The average molecular weight is 437 g/mol. The van der Waals surface area contributed by atoms with Gasteiger partial charge in [0.1, 0.15) is 5.75 Å². The van der Waals surface area contributed by atoms with Gasteiger partial charge in [0.15, 0.2) is 0 Å². The Morgan fingerprint density at radius 3 is 1.97 bits per heavy atom. The van der Waals surface area contributed by atoms with Crippen molar-refractivity contribution < 1.29 is 29.3 Å². The Bertz CT molecular complexity index is 826. The van der Waals surface area contributed by atoms with E-state index in [2.05, 4.69) is 10.2 Å². The fourth-order valence-electron chi connectivity index (χ4n) is 2.39. The molecule has 0 aliphatic carbocycles. The van der Waals surface area contributed by atoms with Gasteiger partial charge in [0.05, 0.1) is 13.2 Å². The molecule has 0 bridgehead atoms. The molecule has 1 amide bonds. The van der Waals surface area contributed by atoms with Crippen LogP contribution < -0.4 is 10.1 Å². The number of aliphatic carboxylic acids is 2. The van der Waals surface area contributed by atoms with Crippen LogP contribution in [0.25, 0.3) is 0 Å². The fraction of sp³-hybridized carbons (Fsp3) is 0.286.